The fourth-order valence-electron chi connectivity index (χ4n) is 2.52. The molecule has 0 radical (unpaired) electrons. The summed E-state index contributed by atoms with van der Waals surface area (Å²) in [7, 11) is -3.88. The van der Waals surface area contributed by atoms with Crippen molar-refractivity contribution >= 4 is 38.1 Å². The first-order chi connectivity index (χ1) is 14.4. The SMILES string of the molecule is N#Cc1cc(S(=O)(=O)Nc2nccs2)ccc1Oc1cnn(-c2ccc(Cl)cc2)c1. The molecule has 4 aromatic rings. The lowest BCUT2D eigenvalue weighted by molar-refractivity contribution is 0.480. The largest absolute Gasteiger partial charge is 0.453 e. The molecule has 30 heavy (non-hydrogen) atoms. The van der Waals surface area contributed by atoms with E-state index in [1.54, 1.807) is 40.5 Å². The summed E-state index contributed by atoms with van der Waals surface area (Å²) in [6.07, 6.45) is 4.62. The third-order valence-corrected chi connectivity index (χ3v) is 6.32. The van der Waals surface area contributed by atoms with Crippen molar-refractivity contribution in [2.45, 2.75) is 4.90 Å². The van der Waals surface area contributed by atoms with E-state index in [4.69, 9.17) is 16.3 Å². The number of nitrogens with one attached hydrogen (secondary N) is 1. The molecule has 4 rings (SSSR count). The van der Waals surface area contributed by atoms with E-state index in [2.05, 4.69) is 14.8 Å². The summed E-state index contributed by atoms with van der Waals surface area (Å²) in [5, 5.41) is 16.2. The number of ether oxygens (including phenoxy) is 1. The summed E-state index contributed by atoms with van der Waals surface area (Å²) in [5.74, 6) is 0.597. The second kappa shape index (κ2) is 8.16. The summed E-state index contributed by atoms with van der Waals surface area (Å²) in [5.41, 5.74) is 0.848. The lowest BCUT2D eigenvalue weighted by Crippen LogP contribution is -2.13. The van der Waals surface area contributed by atoms with E-state index in [0.29, 0.717) is 10.8 Å². The molecule has 0 bridgehead atoms. The smallest absolute Gasteiger partial charge is 0.263 e. The van der Waals surface area contributed by atoms with Gasteiger partial charge in [-0.2, -0.15) is 10.4 Å². The number of hydrogen-bond donors (Lipinski definition) is 1. The molecule has 0 unspecified atom stereocenters. The topological polar surface area (TPSA) is 110 Å². The number of aromatic nitrogens is 3. The number of benzene rings is 2. The predicted molar refractivity (Wildman–Crippen MR) is 113 cm³/mol. The van der Waals surface area contributed by atoms with Gasteiger partial charge in [0.25, 0.3) is 10.0 Å². The van der Waals surface area contributed by atoms with Crippen molar-refractivity contribution in [3.05, 3.63) is 77.0 Å². The van der Waals surface area contributed by atoms with Crippen molar-refractivity contribution in [1.29, 1.82) is 5.26 Å². The Balaban J connectivity index is 1.57. The standard InChI is InChI=1S/C19H12ClN5O3S2/c20-14-1-3-15(4-2-14)25-12-16(11-23-25)28-18-6-5-17(9-13(18)10-21)30(26,27)24-19-22-7-8-29-19/h1-9,11-12H,(H,22,24). The van der Waals surface area contributed by atoms with E-state index >= 15 is 0 Å². The predicted octanol–water partition coefficient (Wildman–Crippen LogP) is 4.45. The zero-order chi connectivity index (χ0) is 21.1. The molecule has 0 aliphatic heterocycles. The Hall–Kier alpha value is -3.39. The van der Waals surface area contributed by atoms with Crippen LogP contribution in [-0.4, -0.2) is 23.2 Å². The quantitative estimate of drug-likeness (QED) is 0.458. The zero-order valence-corrected chi connectivity index (χ0v) is 17.4. The molecular weight excluding hydrogens is 446 g/mol. The molecule has 1 N–H and O–H groups in total. The van der Waals surface area contributed by atoms with Gasteiger partial charge in [-0.1, -0.05) is 11.6 Å². The van der Waals surface area contributed by atoms with E-state index in [0.717, 1.165) is 17.0 Å². The maximum absolute atomic E-state index is 12.5. The molecule has 0 saturated heterocycles. The van der Waals surface area contributed by atoms with Crippen molar-refractivity contribution in [3.63, 3.8) is 0 Å². The van der Waals surface area contributed by atoms with Gasteiger partial charge >= 0.3 is 0 Å². The van der Waals surface area contributed by atoms with Crippen LogP contribution < -0.4 is 9.46 Å². The van der Waals surface area contributed by atoms with Crippen LogP contribution in [0.4, 0.5) is 5.13 Å². The highest BCUT2D eigenvalue weighted by Gasteiger charge is 2.18. The molecule has 8 nitrogen and oxygen atoms in total. The van der Waals surface area contributed by atoms with Gasteiger partial charge in [-0.15, -0.1) is 11.3 Å². The van der Waals surface area contributed by atoms with E-state index in [-0.39, 0.29) is 21.3 Å². The average molecular weight is 458 g/mol. The van der Waals surface area contributed by atoms with Gasteiger partial charge in [0.15, 0.2) is 10.9 Å². The van der Waals surface area contributed by atoms with Crippen molar-refractivity contribution in [2.75, 3.05) is 4.72 Å². The monoisotopic (exact) mass is 457 g/mol. The van der Waals surface area contributed by atoms with E-state index in [9.17, 15) is 13.7 Å². The Morgan fingerprint density at radius 1 is 1.20 bits per heavy atom. The highest BCUT2D eigenvalue weighted by molar-refractivity contribution is 7.93. The average Bonchev–Trinajstić information content (AvgIpc) is 3.40. The lowest BCUT2D eigenvalue weighted by atomic mass is 10.2. The molecule has 0 amide bonds. The minimum atomic E-state index is -3.88. The highest BCUT2D eigenvalue weighted by atomic mass is 35.5. The Kier molecular flexibility index (Phi) is 5.41. The fourth-order valence-corrected chi connectivity index (χ4v) is 4.46. The second-order valence-corrected chi connectivity index (χ2v) is 8.93. The number of anilines is 1. The summed E-state index contributed by atoms with van der Waals surface area (Å²) in [6, 6.07) is 13.1. The number of rotatable bonds is 6. The molecule has 0 fully saturated rings. The van der Waals surface area contributed by atoms with E-state index in [1.165, 1.54) is 30.6 Å². The molecule has 0 aliphatic rings. The number of hydrogen-bond acceptors (Lipinski definition) is 7. The maximum Gasteiger partial charge on any atom is 0.263 e. The van der Waals surface area contributed by atoms with Gasteiger partial charge in [-0.05, 0) is 42.5 Å². The van der Waals surface area contributed by atoms with Crippen LogP contribution >= 0.6 is 22.9 Å². The van der Waals surface area contributed by atoms with Crippen molar-refractivity contribution in [1.82, 2.24) is 14.8 Å². The maximum atomic E-state index is 12.5. The molecule has 0 aliphatic carbocycles. The van der Waals surface area contributed by atoms with Crippen LogP contribution in [0.25, 0.3) is 5.69 Å². The molecule has 2 aromatic carbocycles. The first-order valence-electron chi connectivity index (χ1n) is 8.39. The van der Waals surface area contributed by atoms with Crippen LogP contribution in [0.5, 0.6) is 11.5 Å². The molecular formula is C19H12ClN5O3S2. The lowest BCUT2D eigenvalue weighted by Gasteiger charge is -2.09. The van der Waals surface area contributed by atoms with Crippen LogP contribution in [0.2, 0.25) is 5.02 Å². The molecule has 0 atom stereocenters. The van der Waals surface area contributed by atoms with Gasteiger partial charge in [0.05, 0.1) is 28.5 Å². The first-order valence-corrected chi connectivity index (χ1v) is 11.1. The van der Waals surface area contributed by atoms with E-state index < -0.39 is 10.0 Å². The minimum Gasteiger partial charge on any atom is -0.453 e. The van der Waals surface area contributed by atoms with Gasteiger partial charge in [0.2, 0.25) is 0 Å². The molecule has 0 saturated carbocycles. The Morgan fingerprint density at radius 2 is 2.00 bits per heavy atom. The van der Waals surface area contributed by atoms with Gasteiger partial charge in [0.1, 0.15) is 11.8 Å². The van der Waals surface area contributed by atoms with Crippen molar-refractivity contribution < 1.29 is 13.2 Å². The molecule has 11 heteroatoms. The van der Waals surface area contributed by atoms with Gasteiger partial charge in [-0.25, -0.2) is 18.1 Å². The summed E-state index contributed by atoms with van der Waals surface area (Å²) in [6.45, 7) is 0. The van der Waals surface area contributed by atoms with Crippen molar-refractivity contribution in [2.24, 2.45) is 0 Å². The normalized spacial score (nSPS) is 11.1. The van der Waals surface area contributed by atoms with Crippen LogP contribution in [0.1, 0.15) is 5.56 Å². The number of sulfonamides is 1. The van der Waals surface area contributed by atoms with Crippen LogP contribution in [0.3, 0.4) is 0 Å². The fraction of sp³-hybridized carbons (Fsp3) is 0. The third-order valence-electron chi connectivity index (χ3n) is 3.91. The molecule has 2 aromatic heterocycles. The van der Waals surface area contributed by atoms with Gasteiger partial charge in [-0.3, -0.25) is 4.72 Å². The Morgan fingerprint density at radius 3 is 2.70 bits per heavy atom. The Labute approximate surface area is 181 Å². The molecule has 2 heterocycles. The van der Waals surface area contributed by atoms with Gasteiger partial charge < -0.3 is 4.74 Å². The number of halogens is 1. The van der Waals surface area contributed by atoms with Gasteiger partial charge in [0, 0.05) is 16.6 Å². The summed E-state index contributed by atoms with van der Waals surface area (Å²) < 4.78 is 34.7. The van der Waals surface area contributed by atoms with Crippen LogP contribution in [0.15, 0.2) is 71.3 Å². The molecule has 0 spiro atoms. The van der Waals surface area contributed by atoms with Crippen LogP contribution in [-0.2, 0) is 10.0 Å². The third kappa shape index (κ3) is 4.28. The highest BCUT2D eigenvalue weighted by Crippen LogP contribution is 2.28. The molecule has 150 valence electrons. The minimum absolute atomic E-state index is 0.0660. The summed E-state index contributed by atoms with van der Waals surface area (Å²) >= 11 is 7.05. The second-order valence-electron chi connectivity index (χ2n) is 5.91. The first kappa shape index (κ1) is 19.9. The van der Waals surface area contributed by atoms with E-state index in [1.807, 2.05) is 6.07 Å². The Bertz CT molecular complexity index is 1330. The number of nitriles is 1. The number of thiazole rings is 1. The summed E-state index contributed by atoms with van der Waals surface area (Å²) in [4.78, 5) is 3.83. The van der Waals surface area contributed by atoms with Crippen molar-refractivity contribution in [3.8, 4) is 23.3 Å². The zero-order valence-electron chi connectivity index (χ0n) is 15.1. The van der Waals surface area contributed by atoms with Crippen LogP contribution in [0, 0.1) is 11.3 Å². The number of nitrogens with zero attached hydrogens (tertiary/aromatic N) is 4.